The second kappa shape index (κ2) is 13.4. The Bertz CT molecular complexity index is 1280. The molecule has 0 saturated carbocycles. The van der Waals surface area contributed by atoms with Gasteiger partial charge in [-0.3, -0.25) is 9.59 Å². The first kappa shape index (κ1) is 29.2. The van der Waals surface area contributed by atoms with E-state index in [4.69, 9.17) is 11.6 Å². The number of nitrogens with zero attached hydrogens (tertiary/aromatic N) is 3. The lowest BCUT2D eigenvalue weighted by atomic mass is 10.0. The van der Waals surface area contributed by atoms with E-state index >= 15 is 0 Å². The SMILES string of the molecule is C=CCn1c(SCC(=O)Nc2ccc(I)cc2C(C)C)nnc1[C@@H](NC(=O)c1ccccc1Cl)C(C)C. The van der Waals surface area contributed by atoms with Crippen molar-refractivity contribution in [3.05, 3.63) is 80.7 Å². The molecule has 0 radical (unpaired) electrons. The lowest BCUT2D eigenvalue weighted by Gasteiger charge is -2.23. The molecule has 2 amide bonds. The molecule has 7 nitrogen and oxygen atoms in total. The average Bonchev–Trinajstić information content (AvgIpc) is 3.24. The van der Waals surface area contributed by atoms with E-state index in [0.29, 0.717) is 28.1 Å². The Morgan fingerprint density at radius 1 is 1.16 bits per heavy atom. The molecule has 2 aromatic carbocycles. The molecular weight excluding hydrogens is 621 g/mol. The molecule has 0 aliphatic carbocycles. The van der Waals surface area contributed by atoms with E-state index in [1.807, 2.05) is 30.5 Å². The molecule has 3 rings (SSSR count). The average molecular weight is 652 g/mol. The summed E-state index contributed by atoms with van der Waals surface area (Å²) in [5.74, 6) is 0.648. The van der Waals surface area contributed by atoms with Crippen molar-refractivity contribution in [1.82, 2.24) is 20.1 Å². The van der Waals surface area contributed by atoms with E-state index in [-0.39, 0.29) is 29.4 Å². The van der Waals surface area contributed by atoms with Crippen molar-refractivity contribution >= 4 is 63.5 Å². The first-order valence-corrected chi connectivity index (χ1v) is 14.4. The smallest absolute Gasteiger partial charge is 0.253 e. The standard InChI is InChI=1S/C27H31ClIN5O2S/c1-6-13-34-25(24(17(4)5)31-26(36)19-9-7-8-10-21(19)28)32-33-27(34)37-15-23(35)30-22-12-11-18(29)14-20(22)16(2)3/h6-12,14,16-17,24H,1,13,15H2,2-5H3,(H,30,35)(H,31,36)/t24-/m0/s1. The predicted octanol–water partition coefficient (Wildman–Crippen LogP) is 6.70. The topological polar surface area (TPSA) is 88.9 Å². The van der Waals surface area contributed by atoms with Crippen molar-refractivity contribution < 1.29 is 9.59 Å². The van der Waals surface area contributed by atoms with Gasteiger partial charge in [0.05, 0.1) is 22.4 Å². The summed E-state index contributed by atoms with van der Waals surface area (Å²) in [6.45, 7) is 12.5. The summed E-state index contributed by atoms with van der Waals surface area (Å²) in [4.78, 5) is 25.8. The number of allylic oxidation sites excluding steroid dienone is 1. The van der Waals surface area contributed by atoms with Crippen LogP contribution in [0.15, 0.2) is 60.3 Å². The maximum Gasteiger partial charge on any atom is 0.253 e. The fourth-order valence-electron chi connectivity index (χ4n) is 3.77. The molecule has 0 fully saturated rings. The number of amides is 2. The zero-order chi connectivity index (χ0) is 27.1. The fourth-order valence-corrected chi connectivity index (χ4v) is 5.26. The predicted molar refractivity (Wildman–Crippen MR) is 159 cm³/mol. The summed E-state index contributed by atoms with van der Waals surface area (Å²) < 4.78 is 3.01. The van der Waals surface area contributed by atoms with E-state index in [0.717, 1.165) is 14.8 Å². The normalized spacial score (nSPS) is 12.0. The van der Waals surface area contributed by atoms with E-state index in [1.165, 1.54) is 11.8 Å². The Labute approximate surface area is 241 Å². The number of hydrogen-bond acceptors (Lipinski definition) is 5. The number of hydrogen-bond donors (Lipinski definition) is 2. The monoisotopic (exact) mass is 651 g/mol. The quantitative estimate of drug-likeness (QED) is 0.137. The van der Waals surface area contributed by atoms with Crippen LogP contribution in [0.2, 0.25) is 5.02 Å². The number of carbonyl (C=O) groups excluding carboxylic acids is 2. The molecule has 10 heteroatoms. The van der Waals surface area contributed by atoms with E-state index < -0.39 is 6.04 Å². The summed E-state index contributed by atoms with van der Waals surface area (Å²) in [7, 11) is 0. The second-order valence-corrected chi connectivity index (χ2v) is 11.7. The van der Waals surface area contributed by atoms with Gasteiger partial charge in [0.25, 0.3) is 5.91 Å². The molecule has 1 aromatic heterocycles. The minimum atomic E-state index is -0.417. The zero-order valence-electron chi connectivity index (χ0n) is 21.3. The van der Waals surface area contributed by atoms with Crippen molar-refractivity contribution in [1.29, 1.82) is 0 Å². The second-order valence-electron chi connectivity index (χ2n) is 9.14. The number of nitrogens with one attached hydrogen (secondary N) is 2. The number of carbonyl (C=O) groups is 2. The molecule has 3 aromatic rings. The minimum absolute atomic E-state index is 0.0238. The lowest BCUT2D eigenvalue weighted by molar-refractivity contribution is -0.113. The Balaban J connectivity index is 1.77. The highest BCUT2D eigenvalue weighted by Gasteiger charge is 2.27. The first-order chi connectivity index (χ1) is 17.6. The van der Waals surface area contributed by atoms with Crippen LogP contribution >= 0.6 is 46.0 Å². The van der Waals surface area contributed by atoms with Crippen molar-refractivity contribution in [3.63, 3.8) is 0 Å². The first-order valence-electron chi connectivity index (χ1n) is 11.9. The molecule has 0 aliphatic rings. The third kappa shape index (κ3) is 7.58. The van der Waals surface area contributed by atoms with Gasteiger partial charge in [0, 0.05) is 15.8 Å². The molecule has 0 unspecified atom stereocenters. The van der Waals surface area contributed by atoms with Gasteiger partial charge in [-0.05, 0) is 70.3 Å². The lowest BCUT2D eigenvalue weighted by Crippen LogP contribution is -2.34. The molecule has 0 saturated heterocycles. The molecule has 0 spiro atoms. The molecule has 0 aliphatic heterocycles. The van der Waals surface area contributed by atoms with Crippen molar-refractivity contribution in [2.45, 2.75) is 51.4 Å². The highest BCUT2D eigenvalue weighted by atomic mass is 127. The maximum absolute atomic E-state index is 13.0. The highest BCUT2D eigenvalue weighted by molar-refractivity contribution is 14.1. The molecule has 1 heterocycles. The molecule has 2 N–H and O–H groups in total. The van der Waals surface area contributed by atoms with Crippen molar-refractivity contribution in [2.24, 2.45) is 5.92 Å². The highest BCUT2D eigenvalue weighted by Crippen LogP contribution is 2.28. The zero-order valence-corrected chi connectivity index (χ0v) is 25.0. The van der Waals surface area contributed by atoms with Crippen LogP contribution in [0.3, 0.4) is 0 Å². The van der Waals surface area contributed by atoms with Crippen molar-refractivity contribution in [3.8, 4) is 0 Å². The molecule has 37 heavy (non-hydrogen) atoms. The van der Waals surface area contributed by atoms with E-state index in [2.05, 4.69) is 69.9 Å². The number of benzene rings is 2. The van der Waals surface area contributed by atoms with Crippen LogP contribution in [-0.4, -0.2) is 32.3 Å². The van der Waals surface area contributed by atoms with Gasteiger partial charge in [-0.25, -0.2) is 0 Å². The minimum Gasteiger partial charge on any atom is -0.342 e. The van der Waals surface area contributed by atoms with Crippen LogP contribution in [0.1, 0.15) is 61.4 Å². The summed E-state index contributed by atoms with van der Waals surface area (Å²) >= 11 is 9.79. The Kier molecular flexibility index (Phi) is 10.6. The molecular formula is C27H31ClIN5O2S. The van der Waals surface area contributed by atoms with Crippen LogP contribution in [0, 0.1) is 9.49 Å². The van der Waals surface area contributed by atoms with E-state index in [9.17, 15) is 9.59 Å². The number of halogens is 2. The number of rotatable bonds is 11. The number of anilines is 1. The Morgan fingerprint density at radius 3 is 2.54 bits per heavy atom. The summed E-state index contributed by atoms with van der Waals surface area (Å²) in [6, 6.07) is 12.5. The fraction of sp³-hybridized carbons (Fsp3) is 0.333. The third-order valence-electron chi connectivity index (χ3n) is 5.65. The summed E-state index contributed by atoms with van der Waals surface area (Å²) in [6.07, 6.45) is 1.74. The van der Waals surface area contributed by atoms with Crippen LogP contribution in [-0.2, 0) is 11.3 Å². The van der Waals surface area contributed by atoms with Gasteiger partial charge in [0.15, 0.2) is 11.0 Å². The van der Waals surface area contributed by atoms with Crippen LogP contribution in [0.25, 0.3) is 0 Å². The Hall–Kier alpha value is -2.37. The van der Waals surface area contributed by atoms with Gasteiger partial charge in [-0.2, -0.15) is 0 Å². The van der Waals surface area contributed by atoms with Gasteiger partial charge < -0.3 is 15.2 Å². The van der Waals surface area contributed by atoms with Gasteiger partial charge in [0.1, 0.15) is 0 Å². The molecule has 196 valence electrons. The Morgan fingerprint density at radius 2 is 1.89 bits per heavy atom. The maximum atomic E-state index is 13.0. The van der Waals surface area contributed by atoms with Gasteiger partial charge in [-0.1, -0.05) is 69.3 Å². The third-order valence-corrected chi connectivity index (χ3v) is 7.62. The number of thioether (sulfide) groups is 1. The van der Waals surface area contributed by atoms with Crippen LogP contribution in [0.5, 0.6) is 0 Å². The number of aromatic nitrogens is 3. The van der Waals surface area contributed by atoms with Crippen LogP contribution in [0.4, 0.5) is 5.69 Å². The van der Waals surface area contributed by atoms with Crippen molar-refractivity contribution in [2.75, 3.05) is 11.1 Å². The molecule has 0 bridgehead atoms. The molecule has 1 atom stereocenters. The largest absolute Gasteiger partial charge is 0.342 e. The van der Waals surface area contributed by atoms with Gasteiger partial charge in [0.2, 0.25) is 5.91 Å². The van der Waals surface area contributed by atoms with Crippen LogP contribution < -0.4 is 10.6 Å². The van der Waals surface area contributed by atoms with Gasteiger partial charge in [-0.15, -0.1) is 16.8 Å². The van der Waals surface area contributed by atoms with E-state index in [1.54, 1.807) is 30.3 Å². The van der Waals surface area contributed by atoms with Gasteiger partial charge >= 0.3 is 0 Å². The summed E-state index contributed by atoms with van der Waals surface area (Å²) in [5, 5.41) is 15.8. The summed E-state index contributed by atoms with van der Waals surface area (Å²) in [5.41, 5.74) is 2.31.